The van der Waals surface area contributed by atoms with Crippen molar-refractivity contribution in [3.63, 3.8) is 0 Å². The minimum atomic E-state index is -0.975. The first-order chi connectivity index (χ1) is 24.0. The summed E-state index contributed by atoms with van der Waals surface area (Å²) >= 11 is 0. The quantitative estimate of drug-likeness (QED) is 0.181. The van der Waals surface area contributed by atoms with Gasteiger partial charge in [0.1, 0.15) is 5.78 Å². The van der Waals surface area contributed by atoms with E-state index in [0.717, 1.165) is 25.7 Å². The van der Waals surface area contributed by atoms with Gasteiger partial charge in [0.15, 0.2) is 11.6 Å². The maximum absolute atomic E-state index is 14.3. The Morgan fingerprint density at radius 1 is 0.922 bits per heavy atom. The summed E-state index contributed by atoms with van der Waals surface area (Å²) in [6.07, 6.45) is 9.73. The van der Waals surface area contributed by atoms with Crippen LogP contribution < -0.4 is 0 Å². The predicted octanol–water partition coefficient (Wildman–Crippen LogP) is 6.97. The highest BCUT2D eigenvalue weighted by molar-refractivity contribution is 5.84. The Morgan fingerprint density at radius 3 is 2.24 bits per heavy atom. The van der Waals surface area contributed by atoms with Crippen molar-refractivity contribution < 1.29 is 48.6 Å². The van der Waals surface area contributed by atoms with Gasteiger partial charge >= 0.3 is 5.97 Å². The molecule has 10 heteroatoms. The van der Waals surface area contributed by atoms with Gasteiger partial charge in [-0.15, -0.1) is 0 Å². The Bertz CT molecular complexity index is 1260. The van der Waals surface area contributed by atoms with Crippen LogP contribution in [-0.4, -0.2) is 86.5 Å². The van der Waals surface area contributed by atoms with Crippen LogP contribution in [0.1, 0.15) is 139 Å². The zero-order chi connectivity index (χ0) is 37.5. The average molecular weight is 721 g/mol. The molecule has 0 bridgehead atoms. The van der Waals surface area contributed by atoms with E-state index in [9.17, 15) is 24.9 Å². The van der Waals surface area contributed by atoms with Crippen LogP contribution in [-0.2, 0) is 33.3 Å². The first-order valence-corrected chi connectivity index (χ1v) is 20.2. The number of carboxylic acids is 1. The Morgan fingerprint density at radius 2 is 1.61 bits per heavy atom. The van der Waals surface area contributed by atoms with Crippen molar-refractivity contribution in [2.45, 2.75) is 199 Å². The highest BCUT2D eigenvalue weighted by Crippen LogP contribution is 2.54. The third-order valence-electron chi connectivity index (χ3n) is 13.9. The van der Waals surface area contributed by atoms with Crippen molar-refractivity contribution in [3.8, 4) is 0 Å². The summed E-state index contributed by atoms with van der Waals surface area (Å²) in [6.45, 7) is 17.9. The maximum atomic E-state index is 14.3. The second-order valence-corrected chi connectivity index (χ2v) is 17.3. The van der Waals surface area contributed by atoms with Crippen molar-refractivity contribution in [1.82, 2.24) is 0 Å². The molecule has 292 valence electrons. The number of Topliss-reactive ketones (excluding diaryl/α,β-unsaturated/α-hetero) is 1. The Kier molecular flexibility index (Phi) is 12.6. The molecule has 0 amide bonds. The third-order valence-corrected chi connectivity index (χ3v) is 13.9. The van der Waals surface area contributed by atoms with E-state index >= 15 is 0 Å². The van der Waals surface area contributed by atoms with E-state index in [1.54, 1.807) is 0 Å². The van der Waals surface area contributed by atoms with Gasteiger partial charge in [-0.2, -0.15) is 0 Å². The lowest BCUT2D eigenvalue weighted by Gasteiger charge is -2.54. The molecule has 16 atom stereocenters. The molecule has 4 saturated heterocycles. The normalized spacial score (nSPS) is 44.6. The van der Waals surface area contributed by atoms with Crippen LogP contribution in [0.4, 0.5) is 0 Å². The first kappa shape index (κ1) is 40.8. The minimum absolute atomic E-state index is 0.0240. The van der Waals surface area contributed by atoms with Gasteiger partial charge in [0, 0.05) is 36.5 Å². The second kappa shape index (κ2) is 15.8. The Balaban J connectivity index is 1.27. The van der Waals surface area contributed by atoms with Crippen molar-refractivity contribution in [2.24, 2.45) is 35.5 Å². The van der Waals surface area contributed by atoms with Gasteiger partial charge in [0.25, 0.3) is 0 Å². The largest absolute Gasteiger partial charge is 0.481 e. The molecule has 10 nitrogen and oxygen atoms in total. The fraction of sp³-hybridized carbons (Fsp3) is 0.902. The van der Waals surface area contributed by atoms with Gasteiger partial charge in [-0.3, -0.25) is 9.59 Å². The highest BCUT2D eigenvalue weighted by atomic mass is 16.8. The summed E-state index contributed by atoms with van der Waals surface area (Å²) in [5.74, 6) is -4.67. The number of rotatable bonds is 12. The number of ketones is 1. The molecule has 0 aromatic carbocycles. The van der Waals surface area contributed by atoms with Crippen molar-refractivity contribution in [2.75, 3.05) is 0 Å². The minimum Gasteiger partial charge on any atom is -0.481 e. The van der Waals surface area contributed by atoms with Crippen LogP contribution in [0, 0.1) is 35.5 Å². The molecule has 51 heavy (non-hydrogen) atoms. The van der Waals surface area contributed by atoms with Gasteiger partial charge < -0.3 is 39.0 Å². The summed E-state index contributed by atoms with van der Waals surface area (Å²) in [5.41, 5.74) is -1.41. The predicted molar refractivity (Wildman–Crippen MR) is 193 cm³/mol. The Labute approximate surface area is 306 Å². The number of hydrogen-bond acceptors (Lipinski definition) is 9. The molecular formula is C41H68O10. The van der Waals surface area contributed by atoms with E-state index in [2.05, 4.69) is 26.8 Å². The number of ether oxygens (including phenoxy) is 5. The highest BCUT2D eigenvalue weighted by Gasteiger charge is 2.60. The van der Waals surface area contributed by atoms with Crippen LogP contribution in [0.15, 0.2) is 12.2 Å². The number of carbonyl (C=O) groups excluding carboxylic acids is 1. The van der Waals surface area contributed by atoms with Gasteiger partial charge in [0.05, 0.1) is 53.7 Å². The lowest BCUT2D eigenvalue weighted by Crippen LogP contribution is -2.60. The van der Waals surface area contributed by atoms with E-state index in [1.165, 1.54) is 0 Å². The maximum Gasteiger partial charge on any atom is 0.309 e. The first-order valence-electron chi connectivity index (χ1n) is 20.2. The lowest BCUT2D eigenvalue weighted by molar-refractivity contribution is -0.397. The molecule has 5 aliphatic rings. The molecule has 5 heterocycles. The van der Waals surface area contributed by atoms with E-state index in [0.29, 0.717) is 51.4 Å². The van der Waals surface area contributed by atoms with Crippen molar-refractivity contribution >= 4 is 11.8 Å². The van der Waals surface area contributed by atoms with Gasteiger partial charge in [-0.05, 0) is 90.0 Å². The molecule has 2 spiro atoms. The fourth-order valence-corrected chi connectivity index (χ4v) is 10.2. The van der Waals surface area contributed by atoms with E-state index in [-0.39, 0.29) is 48.0 Å². The molecule has 3 N–H and O–H groups in total. The third kappa shape index (κ3) is 7.90. The van der Waals surface area contributed by atoms with Gasteiger partial charge in [0.2, 0.25) is 0 Å². The lowest BCUT2D eigenvalue weighted by atomic mass is 9.73. The van der Waals surface area contributed by atoms with E-state index < -0.39 is 58.7 Å². The van der Waals surface area contributed by atoms with Crippen LogP contribution in [0.2, 0.25) is 0 Å². The molecule has 0 aromatic rings. The van der Waals surface area contributed by atoms with Crippen molar-refractivity contribution in [3.05, 3.63) is 12.2 Å². The molecule has 0 aromatic heterocycles. The summed E-state index contributed by atoms with van der Waals surface area (Å²) in [4.78, 5) is 26.2. The summed E-state index contributed by atoms with van der Waals surface area (Å²) < 4.78 is 33.7. The molecule has 5 aliphatic heterocycles. The number of aliphatic carboxylic acids is 1. The topological polar surface area (TPSA) is 141 Å². The van der Waals surface area contributed by atoms with Crippen LogP contribution in [0.5, 0.6) is 0 Å². The van der Waals surface area contributed by atoms with Crippen LogP contribution in [0.3, 0.4) is 0 Å². The van der Waals surface area contributed by atoms with Crippen molar-refractivity contribution in [1.29, 1.82) is 0 Å². The zero-order valence-corrected chi connectivity index (χ0v) is 32.8. The summed E-state index contributed by atoms with van der Waals surface area (Å²) in [7, 11) is 0. The fourth-order valence-electron chi connectivity index (χ4n) is 10.2. The molecule has 4 fully saturated rings. The smallest absolute Gasteiger partial charge is 0.309 e. The number of carboxylic acid groups (broad SMARTS) is 1. The Hall–Kier alpha value is -1.40. The van der Waals surface area contributed by atoms with Crippen LogP contribution in [0.25, 0.3) is 0 Å². The number of carbonyl (C=O) groups is 2. The van der Waals surface area contributed by atoms with Crippen LogP contribution >= 0.6 is 0 Å². The number of aliphatic hydroxyl groups excluding tert-OH is 1. The van der Waals surface area contributed by atoms with E-state index in [1.807, 2.05) is 47.6 Å². The second-order valence-electron chi connectivity index (χ2n) is 17.3. The summed E-state index contributed by atoms with van der Waals surface area (Å²) in [5, 5.41) is 32.3. The molecule has 5 rings (SSSR count). The molecule has 16 unspecified atom stereocenters. The summed E-state index contributed by atoms with van der Waals surface area (Å²) in [6, 6.07) is 0. The van der Waals surface area contributed by atoms with Gasteiger partial charge in [-0.25, -0.2) is 0 Å². The SMILES string of the molecule is CCC(C(=O)O)C1CCCC(C(C)C(O)C(C)C(=O)C(CC)C2OC3(CC=CC4(CCC(C)(C5CCC(O)(CC)C(C)O5)O4)O3)C(C)CC2C)O1. The molecule has 0 aliphatic carbocycles. The number of hydrogen-bond donors (Lipinski definition) is 3. The molecular weight excluding hydrogens is 652 g/mol. The van der Waals surface area contributed by atoms with E-state index in [4.69, 9.17) is 23.7 Å². The number of aliphatic hydroxyl groups is 2. The average Bonchev–Trinajstić information content (AvgIpc) is 3.43. The molecule has 0 radical (unpaired) electrons. The molecule has 0 saturated carbocycles. The zero-order valence-electron chi connectivity index (χ0n) is 32.8. The monoisotopic (exact) mass is 720 g/mol. The van der Waals surface area contributed by atoms with Gasteiger partial charge in [-0.1, -0.05) is 54.5 Å². The standard InChI is InChI=1S/C41H68O10/c1-10-29(37(44)45)32-16-13-15-31(48-32)26(6)34(42)27(7)35(43)30(11-2)36-24(4)23-25(5)41(49-36)19-14-18-40(51-41)22-21-38(9,50-40)33-17-20-39(46,12-3)28(8)47-33/h14,18,24-34,36,42,46H,10-13,15-17,19-23H2,1-9H3,(H,44,45).